The second-order valence-corrected chi connectivity index (χ2v) is 5.85. The number of rotatable bonds is 3. The molecule has 0 saturated carbocycles. The minimum absolute atomic E-state index is 0.0659. The lowest BCUT2D eigenvalue weighted by molar-refractivity contribution is 0.0951. The number of nitrogens with two attached hydrogens (primary N) is 1. The summed E-state index contributed by atoms with van der Waals surface area (Å²) >= 11 is 4.82. The SMILES string of the molecule is Nc1ccc(CNC(=O)c2csc(Br)c2)cc1. The maximum Gasteiger partial charge on any atom is 0.252 e. The van der Waals surface area contributed by atoms with Crippen molar-refractivity contribution in [1.29, 1.82) is 0 Å². The first-order valence-electron chi connectivity index (χ1n) is 5.02. The summed E-state index contributed by atoms with van der Waals surface area (Å²) in [6.45, 7) is 0.507. The van der Waals surface area contributed by atoms with Crippen molar-refractivity contribution in [3.05, 3.63) is 50.6 Å². The Kier molecular flexibility index (Phi) is 3.81. The molecule has 1 aromatic carbocycles. The van der Waals surface area contributed by atoms with E-state index in [1.165, 1.54) is 11.3 Å². The molecule has 0 aliphatic carbocycles. The topological polar surface area (TPSA) is 55.1 Å². The molecule has 88 valence electrons. The van der Waals surface area contributed by atoms with Crippen LogP contribution in [0.1, 0.15) is 15.9 Å². The zero-order valence-electron chi connectivity index (χ0n) is 8.94. The van der Waals surface area contributed by atoms with E-state index in [1.54, 1.807) is 0 Å². The summed E-state index contributed by atoms with van der Waals surface area (Å²) in [6.07, 6.45) is 0. The van der Waals surface area contributed by atoms with Gasteiger partial charge in [-0.2, -0.15) is 0 Å². The average molecular weight is 311 g/mol. The molecule has 2 aromatic rings. The van der Waals surface area contributed by atoms with Crippen LogP contribution < -0.4 is 11.1 Å². The Morgan fingerprint density at radius 1 is 1.35 bits per heavy atom. The average Bonchev–Trinajstić information content (AvgIpc) is 2.75. The summed E-state index contributed by atoms with van der Waals surface area (Å²) in [5.74, 6) is -0.0659. The number of amides is 1. The summed E-state index contributed by atoms with van der Waals surface area (Å²) in [4.78, 5) is 11.7. The number of thiophene rings is 1. The normalized spacial score (nSPS) is 10.2. The smallest absolute Gasteiger partial charge is 0.252 e. The van der Waals surface area contributed by atoms with Crippen LogP contribution in [0.3, 0.4) is 0 Å². The van der Waals surface area contributed by atoms with Crippen molar-refractivity contribution in [3.63, 3.8) is 0 Å². The maximum atomic E-state index is 11.7. The first-order valence-corrected chi connectivity index (χ1v) is 6.69. The fraction of sp³-hybridized carbons (Fsp3) is 0.0833. The lowest BCUT2D eigenvalue weighted by Gasteiger charge is -2.04. The third-order valence-electron chi connectivity index (χ3n) is 2.26. The van der Waals surface area contributed by atoms with Gasteiger partial charge >= 0.3 is 0 Å². The lowest BCUT2D eigenvalue weighted by atomic mass is 10.2. The van der Waals surface area contributed by atoms with Gasteiger partial charge in [0, 0.05) is 17.6 Å². The molecule has 0 spiro atoms. The summed E-state index contributed by atoms with van der Waals surface area (Å²) in [6, 6.07) is 9.26. The van der Waals surface area contributed by atoms with Gasteiger partial charge in [0.05, 0.1) is 9.35 Å². The van der Waals surface area contributed by atoms with Gasteiger partial charge in [-0.3, -0.25) is 4.79 Å². The number of hydrogen-bond acceptors (Lipinski definition) is 3. The van der Waals surface area contributed by atoms with Crippen LogP contribution in [0.15, 0.2) is 39.5 Å². The number of halogens is 1. The monoisotopic (exact) mass is 310 g/mol. The Morgan fingerprint density at radius 2 is 2.06 bits per heavy atom. The maximum absolute atomic E-state index is 11.7. The number of anilines is 1. The van der Waals surface area contributed by atoms with Crippen molar-refractivity contribution >= 4 is 38.9 Å². The molecule has 0 radical (unpaired) electrons. The van der Waals surface area contributed by atoms with Crippen molar-refractivity contribution in [3.8, 4) is 0 Å². The summed E-state index contributed by atoms with van der Waals surface area (Å²) in [5, 5.41) is 4.68. The number of carbonyl (C=O) groups is 1. The van der Waals surface area contributed by atoms with Crippen molar-refractivity contribution in [2.75, 3.05) is 5.73 Å². The molecular weight excluding hydrogens is 300 g/mol. The predicted octanol–water partition coefficient (Wildman–Crippen LogP) is 3.02. The van der Waals surface area contributed by atoms with Gasteiger partial charge in [0.25, 0.3) is 5.91 Å². The highest BCUT2D eigenvalue weighted by Crippen LogP contribution is 2.20. The van der Waals surface area contributed by atoms with Crippen LogP contribution in [-0.2, 0) is 6.54 Å². The third kappa shape index (κ3) is 3.31. The van der Waals surface area contributed by atoms with E-state index in [1.807, 2.05) is 35.7 Å². The van der Waals surface area contributed by atoms with E-state index in [0.717, 1.165) is 15.0 Å². The fourth-order valence-corrected chi connectivity index (χ4v) is 2.49. The highest BCUT2D eigenvalue weighted by Gasteiger charge is 2.07. The number of benzene rings is 1. The molecule has 0 unspecified atom stereocenters. The van der Waals surface area contributed by atoms with Gasteiger partial charge in [-0.05, 0) is 39.7 Å². The van der Waals surface area contributed by atoms with Crippen LogP contribution in [0.4, 0.5) is 5.69 Å². The van der Waals surface area contributed by atoms with E-state index in [2.05, 4.69) is 21.2 Å². The van der Waals surface area contributed by atoms with Crippen molar-refractivity contribution in [2.24, 2.45) is 0 Å². The third-order valence-corrected chi connectivity index (χ3v) is 3.77. The van der Waals surface area contributed by atoms with Gasteiger partial charge in [0.1, 0.15) is 0 Å². The largest absolute Gasteiger partial charge is 0.399 e. The molecular formula is C12H11BrN2OS. The zero-order valence-corrected chi connectivity index (χ0v) is 11.3. The van der Waals surface area contributed by atoms with Crippen LogP contribution >= 0.6 is 27.3 Å². The van der Waals surface area contributed by atoms with Crippen LogP contribution in [0.2, 0.25) is 0 Å². The second-order valence-electron chi connectivity index (χ2n) is 3.56. The highest BCUT2D eigenvalue weighted by atomic mass is 79.9. The summed E-state index contributed by atoms with van der Waals surface area (Å²) in [5.41, 5.74) is 8.02. The van der Waals surface area contributed by atoms with Gasteiger partial charge in [-0.25, -0.2) is 0 Å². The number of nitrogen functional groups attached to an aromatic ring is 1. The zero-order chi connectivity index (χ0) is 12.3. The van der Waals surface area contributed by atoms with Gasteiger partial charge < -0.3 is 11.1 Å². The fourth-order valence-electron chi connectivity index (χ4n) is 1.35. The molecule has 0 fully saturated rings. The Hall–Kier alpha value is -1.33. The van der Waals surface area contributed by atoms with E-state index in [-0.39, 0.29) is 5.91 Å². The Labute approximate surface area is 112 Å². The molecule has 17 heavy (non-hydrogen) atoms. The van der Waals surface area contributed by atoms with Crippen LogP contribution in [-0.4, -0.2) is 5.91 Å². The van der Waals surface area contributed by atoms with Gasteiger partial charge in [-0.1, -0.05) is 12.1 Å². The Morgan fingerprint density at radius 3 is 2.65 bits per heavy atom. The summed E-state index contributed by atoms with van der Waals surface area (Å²) in [7, 11) is 0. The standard InChI is InChI=1S/C12H11BrN2OS/c13-11-5-9(7-17-11)12(16)15-6-8-1-3-10(14)4-2-8/h1-5,7H,6,14H2,(H,15,16). The van der Waals surface area contributed by atoms with Gasteiger partial charge in [0.2, 0.25) is 0 Å². The molecule has 5 heteroatoms. The van der Waals surface area contributed by atoms with Crippen LogP contribution in [0, 0.1) is 0 Å². The van der Waals surface area contributed by atoms with E-state index in [4.69, 9.17) is 5.73 Å². The van der Waals surface area contributed by atoms with Gasteiger partial charge in [0.15, 0.2) is 0 Å². The lowest BCUT2D eigenvalue weighted by Crippen LogP contribution is -2.22. The first kappa shape index (κ1) is 12.1. The molecule has 0 atom stereocenters. The van der Waals surface area contributed by atoms with Crippen LogP contribution in [0.25, 0.3) is 0 Å². The minimum atomic E-state index is -0.0659. The molecule has 0 bridgehead atoms. The molecule has 2 rings (SSSR count). The van der Waals surface area contributed by atoms with E-state index in [9.17, 15) is 4.79 Å². The van der Waals surface area contributed by atoms with Gasteiger partial charge in [-0.15, -0.1) is 11.3 Å². The molecule has 1 heterocycles. The number of hydrogen-bond donors (Lipinski definition) is 2. The van der Waals surface area contributed by atoms with Crippen LogP contribution in [0.5, 0.6) is 0 Å². The number of nitrogens with one attached hydrogen (secondary N) is 1. The molecule has 0 aliphatic heterocycles. The quantitative estimate of drug-likeness (QED) is 0.856. The molecule has 3 N–H and O–H groups in total. The van der Waals surface area contributed by atoms with Crippen molar-refractivity contribution < 1.29 is 4.79 Å². The van der Waals surface area contributed by atoms with E-state index < -0.39 is 0 Å². The van der Waals surface area contributed by atoms with E-state index >= 15 is 0 Å². The van der Waals surface area contributed by atoms with E-state index in [0.29, 0.717) is 12.1 Å². The molecule has 3 nitrogen and oxygen atoms in total. The Bertz CT molecular complexity index is 522. The Balaban J connectivity index is 1.94. The summed E-state index contributed by atoms with van der Waals surface area (Å²) < 4.78 is 0.954. The molecule has 0 aliphatic rings. The number of carbonyl (C=O) groups excluding carboxylic acids is 1. The molecule has 0 saturated heterocycles. The minimum Gasteiger partial charge on any atom is -0.399 e. The first-order chi connectivity index (χ1) is 8.15. The van der Waals surface area contributed by atoms with Crippen molar-refractivity contribution in [1.82, 2.24) is 5.32 Å². The second kappa shape index (κ2) is 5.33. The predicted molar refractivity (Wildman–Crippen MR) is 74.0 cm³/mol. The van der Waals surface area contributed by atoms with Crippen molar-refractivity contribution in [2.45, 2.75) is 6.54 Å². The highest BCUT2D eigenvalue weighted by molar-refractivity contribution is 9.11. The molecule has 1 aromatic heterocycles. The molecule has 1 amide bonds.